The summed E-state index contributed by atoms with van der Waals surface area (Å²) in [6, 6.07) is 2.58. The summed E-state index contributed by atoms with van der Waals surface area (Å²) in [7, 11) is 1.12. The first-order valence-electron chi connectivity index (χ1n) is 6.11. The van der Waals surface area contributed by atoms with E-state index in [-0.39, 0.29) is 11.7 Å². The molecule has 6 heteroatoms. The van der Waals surface area contributed by atoms with Crippen molar-refractivity contribution in [2.75, 3.05) is 25.1 Å². The van der Waals surface area contributed by atoms with Crippen molar-refractivity contribution in [1.29, 1.82) is 0 Å². The number of ether oxygens (including phenoxy) is 1. The summed E-state index contributed by atoms with van der Waals surface area (Å²) in [5.41, 5.74) is 5.56. The molecule has 1 saturated heterocycles. The number of nitrogens with two attached hydrogens (primary N) is 1. The van der Waals surface area contributed by atoms with Crippen LogP contribution < -0.4 is 10.6 Å². The molecule has 19 heavy (non-hydrogen) atoms. The number of hydrogen-bond donors (Lipinski definition) is 1. The Labute approximate surface area is 110 Å². The number of carbonyl (C=O) groups excluding carboxylic acids is 1. The SMILES string of the molecule is COC(=O)c1ccc(N2CCCC(N)C2)c(F)c1F. The van der Waals surface area contributed by atoms with Crippen molar-refractivity contribution < 1.29 is 18.3 Å². The van der Waals surface area contributed by atoms with Crippen LogP contribution in [0.2, 0.25) is 0 Å². The molecule has 0 radical (unpaired) electrons. The zero-order valence-electron chi connectivity index (χ0n) is 10.7. The average molecular weight is 270 g/mol. The van der Waals surface area contributed by atoms with Crippen LogP contribution in [0.4, 0.5) is 14.5 Å². The highest BCUT2D eigenvalue weighted by atomic mass is 19.2. The molecule has 2 rings (SSSR count). The summed E-state index contributed by atoms with van der Waals surface area (Å²) < 4.78 is 32.2. The molecule has 1 atom stereocenters. The molecule has 0 spiro atoms. The first-order chi connectivity index (χ1) is 9.04. The zero-order chi connectivity index (χ0) is 14.0. The molecule has 1 heterocycles. The fourth-order valence-corrected chi connectivity index (χ4v) is 2.28. The molecule has 104 valence electrons. The molecular formula is C13H16F2N2O2. The summed E-state index contributed by atoms with van der Waals surface area (Å²) in [4.78, 5) is 13.0. The molecule has 2 N–H and O–H groups in total. The second kappa shape index (κ2) is 5.52. The van der Waals surface area contributed by atoms with E-state index in [9.17, 15) is 13.6 Å². The van der Waals surface area contributed by atoms with Gasteiger partial charge < -0.3 is 15.4 Å². The van der Waals surface area contributed by atoms with Gasteiger partial charge in [0.15, 0.2) is 11.6 Å². The van der Waals surface area contributed by atoms with Crippen molar-refractivity contribution in [3.63, 3.8) is 0 Å². The van der Waals surface area contributed by atoms with Crippen molar-refractivity contribution in [3.05, 3.63) is 29.3 Å². The van der Waals surface area contributed by atoms with Crippen LogP contribution in [0.1, 0.15) is 23.2 Å². The number of rotatable bonds is 2. The molecule has 1 unspecified atom stereocenters. The van der Waals surface area contributed by atoms with Crippen molar-refractivity contribution in [2.45, 2.75) is 18.9 Å². The minimum atomic E-state index is -1.18. The normalized spacial score (nSPS) is 19.4. The molecule has 0 amide bonds. The van der Waals surface area contributed by atoms with E-state index in [4.69, 9.17) is 5.73 Å². The maximum Gasteiger partial charge on any atom is 0.340 e. The number of halogens is 2. The molecule has 0 bridgehead atoms. The quantitative estimate of drug-likeness (QED) is 0.831. The monoisotopic (exact) mass is 270 g/mol. The Bertz CT molecular complexity index is 494. The van der Waals surface area contributed by atoms with Gasteiger partial charge in [0.2, 0.25) is 0 Å². The number of methoxy groups -OCH3 is 1. The van der Waals surface area contributed by atoms with Gasteiger partial charge in [-0.3, -0.25) is 0 Å². The van der Waals surface area contributed by atoms with Crippen molar-refractivity contribution in [1.82, 2.24) is 0 Å². The van der Waals surface area contributed by atoms with Gasteiger partial charge in [0, 0.05) is 19.1 Å². The smallest absolute Gasteiger partial charge is 0.340 e. The van der Waals surface area contributed by atoms with Crippen LogP contribution in [0.25, 0.3) is 0 Å². The van der Waals surface area contributed by atoms with Crippen molar-refractivity contribution in [3.8, 4) is 0 Å². The molecule has 4 nitrogen and oxygen atoms in total. The largest absolute Gasteiger partial charge is 0.465 e. The minimum Gasteiger partial charge on any atom is -0.465 e. The van der Waals surface area contributed by atoms with Crippen LogP contribution in [0.15, 0.2) is 12.1 Å². The van der Waals surface area contributed by atoms with Crippen molar-refractivity contribution in [2.24, 2.45) is 5.73 Å². The summed E-state index contributed by atoms with van der Waals surface area (Å²) in [6.07, 6.45) is 1.71. The molecule has 0 saturated carbocycles. The van der Waals surface area contributed by atoms with E-state index in [1.807, 2.05) is 0 Å². The van der Waals surface area contributed by atoms with E-state index >= 15 is 0 Å². The standard InChI is InChI=1S/C13H16F2N2O2/c1-19-13(18)9-4-5-10(12(15)11(9)14)17-6-2-3-8(16)7-17/h4-5,8H,2-3,6-7,16H2,1H3. The van der Waals surface area contributed by atoms with E-state index in [2.05, 4.69) is 4.74 Å². The number of hydrogen-bond acceptors (Lipinski definition) is 4. The Kier molecular flexibility index (Phi) is 3.99. The summed E-state index contributed by atoms with van der Waals surface area (Å²) in [6.45, 7) is 1.11. The van der Waals surface area contributed by atoms with E-state index in [0.29, 0.717) is 13.1 Å². The third-order valence-electron chi connectivity index (χ3n) is 3.27. The first-order valence-corrected chi connectivity index (χ1v) is 6.11. The van der Waals surface area contributed by atoms with Gasteiger partial charge in [-0.15, -0.1) is 0 Å². The van der Waals surface area contributed by atoms with Gasteiger partial charge in [-0.1, -0.05) is 0 Å². The third kappa shape index (κ3) is 2.68. The Morgan fingerprint density at radius 3 is 2.79 bits per heavy atom. The van der Waals surface area contributed by atoms with Crippen LogP contribution in [-0.2, 0) is 4.74 Å². The predicted octanol–water partition coefficient (Wildman–Crippen LogP) is 1.68. The van der Waals surface area contributed by atoms with Crippen LogP contribution in [-0.4, -0.2) is 32.2 Å². The lowest BCUT2D eigenvalue weighted by atomic mass is 10.0. The average Bonchev–Trinajstić information content (AvgIpc) is 2.41. The van der Waals surface area contributed by atoms with Gasteiger partial charge in [-0.25, -0.2) is 13.6 Å². The predicted molar refractivity (Wildman–Crippen MR) is 67.1 cm³/mol. The number of carbonyl (C=O) groups is 1. The van der Waals surface area contributed by atoms with Gasteiger partial charge in [-0.2, -0.15) is 0 Å². The Morgan fingerprint density at radius 2 is 2.16 bits per heavy atom. The molecule has 0 aliphatic carbocycles. The summed E-state index contributed by atoms with van der Waals surface area (Å²) >= 11 is 0. The van der Waals surface area contributed by atoms with Gasteiger partial charge in [0.25, 0.3) is 0 Å². The maximum atomic E-state index is 14.0. The van der Waals surface area contributed by atoms with Gasteiger partial charge in [0.05, 0.1) is 18.4 Å². The lowest BCUT2D eigenvalue weighted by Gasteiger charge is -2.32. The fraction of sp³-hybridized carbons (Fsp3) is 0.462. The summed E-state index contributed by atoms with van der Waals surface area (Å²) in [5.74, 6) is -3.10. The third-order valence-corrected chi connectivity index (χ3v) is 3.27. The van der Waals surface area contributed by atoms with Gasteiger partial charge >= 0.3 is 5.97 Å². The molecule has 1 fully saturated rings. The number of anilines is 1. The molecular weight excluding hydrogens is 254 g/mol. The van der Waals surface area contributed by atoms with E-state index in [0.717, 1.165) is 20.0 Å². The minimum absolute atomic E-state index is 0.0449. The number of benzene rings is 1. The van der Waals surface area contributed by atoms with Crippen LogP contribution in [0.3, 0.4) is 0 Å². The topological polar surface area (TPSA) is 55.6 Å². The van der Waals surface area contributed by atoms with E-state index in [1.165, 1.54) is 12.1 Å². The fourth-order valence-electron chi connectivity index (χ4n) is 2.28. The molecule has 1 aliphatic rings. The second-order valence-electron chi connectivity index (χ2n) is 4.60. The zero-order valence-corrected chi connectivity index (χ0v) is 10.7. The lowest BCUT2D eigenvalue weighted by molar-refractivity contribution is 0.0594. The lowest BCUT2D eigenvalue weighted by Crippen LogP contribution is -2.43. The Hall–Kier alpha value is -1.69. The van der Waals surface area contributed by atoms with Crippen LogP contribution in [0, 0.1) is 11.6 Å². The Morgan fingerprint density at radius 1 is 1.42 bits per heavy atom. The first kappa shape index (κ1) is 13.7. The Balaban J connectivity index is 2.33. The number of piperidine rings is 1. The molecule has 1 aromatic carbocycles. The highest BCUT2D eigenvalue weighted by Gasteiger charge is 2.24. The number of esters is 1. The second-order valence-corrected chi connectivity index (χ2v) is 4.60. The highest BCUT2D eigenvalue weighted by Crippen LogP contribution is 2.26. The van der Waals surface area contributed by atoms with Crippen LogP contribution >= 0.6 is 0 Å². The summed E-state index contributed by atoms with van der Waals surface area (Å²) in [5, 5.41) is 0. The molecule has 1 aromatic rings. The van der Waals surface area contributed by atoms with Gasteiger partial charge in [0.1, 0.15) is 0 Å². The molecule has 1 aliphatic heterocycles. The van der Waals surface area contributed by atoms with E-state index in [1.54, 1.807) is 4.90 Å². The van der Waals surface area contributed by atoms with Gasteiger partial charge in [-0.05, 0) is 25.0 Å². The molecule has 0 aromatic heterocycles. The maximum absolute atomic E-state index is 14.0. The number of nitrogens with zero attached hydrogens (tertiary/aromatic N) is 1. The highest BCUT2D eigenvalue weighted by molar-refractivity contribution is 5.90. The van der Waals surface area contributed by atoms with E-state index < -0.39 is 23.2 Å². The van der Waals surface area contributed by atoms with Crippen molar-refractivity contribution >= 4 is 11.7 Å². The van der Waals surface area contributed by atoms with Crippen LogP contribution in [0.5, 0.6) is 0 Å².